The molecule has 50 valence electrons. The molecule has 0 radical (unpaired) electrons. The fourth-order valence-corrected chi connectivity index (χ4v) is 1.31. The van der Waals surface area contributed by atoms with Crippen LogP contribution in [0.5, 0.6) is 0 Å². The summed E-state index contributed by atoms with van der Waals surface area (Å²) in [6.07, 6.45) is 4.20. The van der Waals surface area contributed by atoms with Gasteiger partial charge in [-0.05, 0) is 19.1 Å². The zero-order valence-electron chi connectivity index (χ0n) is 5.55. The number of aliphatic hydroxyl groups excluding tert-OH is 1. The molecular weight excluding hydrogens is 120 g/mol. The molecule has 0 amide bonds. The van der Waals surface area contributed by atoms with Crippen LogP contribution in [0.25, 0.3) is 0 Å². The van der Waals surface area contributed by atoms with Crippen molar-refractivity contribution in [2.45, 2.75) is 25.0 Å². The average molecular weight is 134 g/mol. The molecule has 0 aliphatic carbocycles. The SMILES string of the molecule is CCC(CCO)SC. The summed E-state index contributed by atoms with van der Waals surface area (Å²) in [6.45, 7) is 2.48. The minimum atomic E-state index is 0.333. The maximum Gasteiger partial charge on any atom is 0.0441 e. The smallest absolute Gasteiger partial charge is 0.0441 e. The number of hydrogen-bond donors (Lipinski definition) is 1. The molecule has 0 spiro atoms. The van der Waals surface area contributed by atoms with E-state index in [4.69, 9.17) is 5.11 Å². The number of aliphatic hydroxyl groups is 1. The van der Waals surface area contributed by atoms with Gasteiger partial charge in [0.25, 0.3) is 0 Å². The summed E-state index contributed by atoms with van der Waals surface area (Å²) in [6, 6.07) is 0. The average Bonchev–Trinajstić information content (AvgIpc) is 1.83. The highest BCUT2D eigenvalue weighted by Crippen LogP contribution is 2.12. The van der Waals surface area contributed by atoms with E-state index in [2.05, 4.69) is 13.2 Å². The second-order valence-electron chi connectivity index (χ2n) is 1.78. The Hall–Kier alpha value is 0.310. The first-order valence-electron chi connectivity index (χ1n) is 2.98. The quantitative estimate of drug-likeness (QED) is 0.629. The van der Waals surface area contributed by atoms with E-state index in [0.717, 1.165) is 6.42 Å². The van der Waals surface area contributed by atoms with Crippen LogP contribution in [-0.2, 0) is 0 Å². The normalized spacial score (nSPS) is 13.9. The van der Waals surface area contributed by atoms with Gasteiger partial charge in [0.05, 0.1) is 0 Å². The van der Waals surface area contributed by atoms with Gasteiger partial charge in [-0.3, -0.25) is 0 Å². The molecule has 0 heterocycles. The lowest BCUT2D eigenvalue weighted by Crippen LogP contribution is -2.01. The van der Waals surface area contributed by atoms with Crippen LogP contribution in [0.15, 0.2) is 0 Å². The van der Waals surface area contributed by atoms with Crippen LogP contribution in [0, 0.1) is 0 Å². The van der Waals surface area contributed by atoms with Crippen molar-refractivity contribution >= 4 is 11.8 Å². The molecular formula is C6H14OS. The van der Waals surface area contributed by atoms with Gasteiger partial charge in [-0.2, -0.15) is 11.8 Å². The third-order valence-electron chi connectivity index (χ3n) is 1.24. The molecule has 1 atom stereocenters. The Labute approximate surface area is 55.5 Å². The van der Waals surface area contributed by atoms with E-state index in [1.807, 2.05) is 11.8 Å². The van der Waals surface area contributed by atoms with Gasteiger partial charge in [-0.25, -0.2) is 0 Å². The predicted molar refractivity (Wildman–Crippen MR) is 39.3 cm³/mol. The van der Waals surface area contributed by atoms with E-state index in [1.54, 1.807) is 0 Å². The molecule has 0 rings (SSSR count). The molecule has 0 aliphatic rings. The summed E-state index contributed by atoms with van der Waals surface area (Å²) in [5.74, 6) is 0. The molecule has 1 N–H and O–H groups in total. The molecule has 0 saturated carbocycles. The maximum atomic E-state index is 8.49. The van der Waals surface area contributed by atoms with Crippen molar-refractivity contribution in [3.05, 3.63) is 0 Å². The molecule has 0 aromatic rings. The number of hydrogen-bond acceptors (Lipinski definition) is 2. The lowest BCUT2D eigenvalue weighted by molar-refractivity contribution is 0.286. The highest BCUT2D eigenvalue weighted by Gasteiger charge is 2.00. The largest absolute Gasteiger partial charge is 0.396 e. The fraction of sp³-hybridized carbons (Fsp3) is 1.00. The molecule has 0 saturated heterocycles. The van der Waals surface area contributed by atoms with Gasteiger partial charge in [0.2, 0.25) is 0 Å². The van der Waals surface area contributed by atoms with E-state index in [1.165, 1.54) is 6.42 Å². The Bertz CT molecular complexity index is 43.8. The molecule has 0 aromatic heterocycles. The summed E-state index contributed by atoms with van der Waals surface area (Å²) in [5.41, 5.74) is 0. The minimum Gasteiger partial charge on any atom is -0.396 e. The Kier molecular flexibility index (Phi) is 5.66. The van der Waals surface area contributed by atoms with E-state index < -0.39 is 0 Å². The van der Waals surface area contributed by atoms with Crippen molar-refractivity contribution < 1.29 is 5.11 Å². The summed E-state index contributed by atoms with van der Waals surface area (Å²) in [5, 5.41) is 9.15. The third kappa shape index (κ3) is 3.33. The molecule has 0 bridgehead atoms. The minimum absolute atomic E-state index is 0.333. The summed E-state index contributed by atoms with van der Waals surface area (Å²) in [4.78, 5) is 0. The van der Waals surface area contributed by atoms with Gasteiger partial charge in [-0.1, -0.05) is 6.92 Å². The van der Waals surface area contributed by atoms with Gasteiger partial charge in [0.15, 0.2) is 0 Å². The van der Waals surface area contributed by atoms with Crippen LogP contribution in [0.2, 0.25) is 0 Å². The van der Waals surface area contributed by atoms with Gasteiger partial charge < -0.3 is 5.11 Å². The van der Waals surface area contributed by atoms with Crippen LogP contribution in [0.1, 0.15) is 19.8 Å². The van der Waals surface area contributed by atoms with Crippen LogP contribution < -0.4 is 0 Å². The first-order valence-corrected chi connectivity index (χ1v) is 4.27. The topological polar surface area (TPSA) is 20.2 Å². The Balaban J connectivity index is 3.07. The van der Waals surface area contributed by atoms with Gasteiger partial charge in [0, 0.05) is 11.9 Å². The summed E-state index contributed by atoms with van der Waals surface area (Å²) >= 11 is 1.83. The Morgan fingerprint density at radius 3 is 2.38 bits per heavy atom. The first-order chi connectivity index (χ1) is 3.85. The van der Waals surface area contributed by atoms with Crippen molar-refractivity contribution in [1.29, 1.82) is 0 Å². The highest BCUT2D eigenvalue weighted by molar-refractivity contribution is 7.99. The highest BCUT2D eigenvalue weighted by atomic mass is 32.2. The lowest BCUT2D eigenvalue weighted by Gasteiger charge is -2.07. The van der Waals surface area contributed by atoms with E-state index in [9.17, 15) is 0 Å². The van der Waals surface area contributed by atoms with E-state index in [0.29, 0.717) is 11.9 Å². The standard InChI is InChI=1S/C6H14OS/c1-3-6(8-2)4-5-7/h6-7H,3-5H2,1-2H3. The van der Waals surface area contributed by atoms with Crippen LogP contribution >= 0.6 is 11.8 Å². The Morgan fingerprint density at radius 2 is 2.25 bits per heavy atom. The predicted octanol–water partition coefficient (Wildman–Crippen LogP) is 1.51. The third-order valence-corrected chi connectivity index (χ3v) is 2.48. The van der Waals surface area contributed by atoms with Crippen molar-refractivity contribution in [3.63, 3.8) is 0 Å². The van der Waals surface area contributed by atoms with Crippen LogP contribution in [0.3, 0.4) is 0 Å². The summed E-state index contributed by atoms with van der Waals surface area (Å²) in [7, 11) is 0. The molecule has 8 heavy (non-hydrogen) atoms. The zero-order chi connectivity index (χ0) is 6.41. The van der Waals surface area contributed by atoms with Crippen molar-refractivity contribution in [2.24, 2.45) is 0 Å². The second kappa shape index (κ2) is 5.45. The number of rotatable bonds is 4. The monoisotopic (exact) mass is 134 g/mol. The van der Waals surface area contributed by atoms with Crippen molar-refractivity contribution in [2.75, 3.05) is 12.9 Å². The molecule has 1 unspecified atom stereocenters. The lowest BCUT2D eigenvalue weighted by atomic mass is 10.2. The van der Waals surface area contributed by atoms with Gasteiger partial charge in [-0.15, -0.1) is 0 Å². The molecule has 2 heteroatoms. The van der Waals surface area contributed by atoms with Crippen molar-refractivity contribution in [3.8, 4) is 0 Å². The molecule has 1 nitrogen and oxygen atoms in total. The Morgan fingerprint density at radius 1 is 1.62 bits per heavy atom. The molecule has 0 aromatic carbocycles. The fourth-order valence-electron chi connectivity index (χ4n) is 0.633. The maximum absolute atomic E-state index is 8.49. The first kappa shape index (κ1) is 8.31. The van der Waals surface area contributed by atoms with Gasteiger partial charge in [0.1, 0.15) is 0 Å². The van der Waals surface area contributed by atoms with Crippen molar-refractivity contribution in [1.82, 2.24) is 0 Å². The zero-order valence-corrected chi connectivity index (χ0v) is 6.37. The van der Waals surface area contributed by atoms with E-state index in [-0.39, 0.29) is 0 Å². The molecule has 0 fully saturated rings. The second-order valence-corrected chi connectivity index (χ2v) is 2.92. The summed E-state index contributed by atoms with van der Waals surface area (Å²) < 4.78 is 0. The van der Waals surface area contributed by atoms with Crippen LogP contribution in [-0.4, -0.2) is 23.2 Å². The number of thioether (sulfide) groups is 1. The van der Waals surface area contributed by atoms with Gasteiger partial charge >= 0.3 is 0 Å². The van der Waals surface area contributed by atoms with Crippen LogP contribution in [0.4, 0.5) is 0 Å². The molecule has 0 aliphatic heterocycles. The van der Waals surface area contributed by atoms with E-state index >= 15 is 0 Å².